The van der Waals surface area contributed by atoms with Crippen LogP contribution in [0.2, 0.25) is 0 Å². The van der Waals surface area contributed by atoms with E-state index in [2.05, 4.69) is 15.5 Å². The van der Waals surface area contributed by atoms with E-state index in [4.69, 9.17) is 0 Å². The molecule has 2 aromatic rings. The van der Waals surface area contributed by atoms with E-state index < -0.39 is 22.4 Å². The number of hydrogen-bond donors (Lipinski definition) is 0. The Morgan fingerprint density at radius 1 is 1.21 bits per heavy atom. The highest BCUT2D eigenvalue weighted by atomic mass is 32.2. The highest BCUT2D eigenvalue weighted by molar-refractivity contribution is 7.90. The molecule has 0 fully saturated rings. The van der Waals surface area contributed by atoms with Gasteiger partial charge in [-0.05, 0) is 41.7 Å². The molecular formula is C13H16F3N5O2S. The van der Waals surface area contributed by atoms with Gasteiger partial charge in [0.05, 0.1) is 23.5 Å². The summed E-state index contributed by atoms with van der Waals surface area (Å²) in [5, 5.41) is 11.1. The van der Waals surface area contributed by atoms with Gasteiger partial charge in [-0.1, -0.05) is 0 Å². The lowest BCUT2D eigenvalue weighted by Crippen LogP contribution is -2.25. The maximum atomic E-state index is 12.3. The molecule has 1 aromatic carbocycles. The first kappa shape index (κ1) is 18.3. The van der Waals surface area contributed by atoms with Gasteiger partial charge in [0, 0.05) is 12.8 Å². The molecule has 1 heterocycles. The first-order chi connectivity index (χ1) is 11.1. The number of tetrazole rings is 1. The molecule has 132 valence electrons. The highest BCUT2D eigenvalue weighted by Crippen LogP contribution is 2.20. The molecule has 7 nitrogen and oxygen atoms in total. The molecule has 0 spiro atoms. The fraction of sp³-hybridized carbons (Fsp3) is 0.462. The lowest BCUT2D eigenvalue weighted by atomic mass is 10.3. The molecule has 0 amide bonds. The van der Waals surface area contributed by atoms with Crippen LogP contribution in [0.15, 0.2) is 29.2 Å². The van der Waals surface area contributed by atoms with Crippen LogP contribution >= 0.6 is 0 Å². The molecule has 0 bridgehead atoms. The van der Waals surface area contributed by atoms with Crippen LogP contribution in [0.5, 0.6) is 0 Å². The molecular weight excluding hydrogens is 347 g/mol. The molecule has 24 heavy (non-hydrogen) atoms. The van der Waals surface area contributed by atoms with E-state index in [9.17, 15) is 21.6 Å². The van der Waals surface area contributed by atoms with E-state index in [0.29, 0.717) is 11.5 Å². The third-order valence-corrected chi connectivity index (χ3v) is 4.36. The van der Waals surface area contributed by atoms with Crippen molar-refractivity contribution in [3.63, 3.8) is 0 Å². The van der Waals surface area contributed by atoms with Gasteiger partial charge in [0.1, 0.15) is 0 Å². The summed E-state index contributed by atoms with van der Waals surface area (Å²) in [5.41, 5.74) is 0.520. The zero-order chi connectivity index (χ0) is 18.0. The summed E-state index contributed by atoms with van der Waals surface area (Å²) in [6, 6.07) is 5.91. The fourth-order valence-electron chi connectivity index (χ4n) is 1.98. The Balaban J connectivity index is 2.13. The van der Waals surface area contributed by atoms with E-state index in [0.717, 1.165) is 6.26 Å². The summed E-state index contributed by atoms with van der Waals surface area (Å²) >= 11 is 0. The van der Waals surface area contributed by atoms with Gasteiger partial charge in [0.2, 0.25) is 0 Å². The quantitative estimate of drug-likeness (QED) is 0.773. The van der Waals surface area contributed by atoms with Crippen molar-refractivity contribution in [3.8, 4) is 5.69 Å². The average molecular weight is 363 g/mol. The van der Waals surface area contributed by atoms with E-state index >= 15 is 0 Å². The number of sulfone groups is 1. The molecule has 0 atom stereocenters. The number of halogens is 3. The van der Waals surface area contributed by atoms with E-state index in [1.54, 1.807) is 0 Å². The first-order valence-corrected chi connectivity index (χ1v) is 8.78. The lowest BCUT2D eigenvalue weighted by molar-refractivity contribution is -0.137. The molecule has 0 N–H and O–H groups in total. The molecule has 2 rings (SSSR count). The number of hydrogen-bond acceptors (Lipinski definition) is 6. The fourth-order valence-corrected chi connectivity index (χ4v) is 2.61. The third kappa shape index (κ3) is 4.99. The molecule has 0 saturated carbocycles. The van der Waals surface area contributed by atoms with Crippen LogP contribution in [0.3, 0.4) is 0 Å². The largest absolute Gasteiger partial charge is 0.390 e. The summed E-state index contributed by atoms with van der Waals surface area (Å²) in [5.74, 6) is 0.354. The predicted molar refractivity (Wildman–Crippen MR) is 79.3 cm³/mol. The monoisotopic (exact) mass is 363 g/mol. The minimum Gasteiger partial charge on any atom is -0.299 e. The van der Waals surface area contributed by atoms with E-state index in [1.807, 2.05) is 0 Å². The molecule has 0 unspecified atom stereocenters. The van der Waals surface area contributed by atoms with Gasteiger partial charge >= 0.3 is 6.18 Å². The van der Waals surface area contributed by atoms with Gasteiger partial charge in [-0.2, -0.15) is 17.9 Å². The van der Waals surface area contributed by atoms with Crippen molar-refractivity contribution in [2.45, 2.75) is 24.0 Å². The summed E-state index contributed by atoms with van der Waals surface area (Å²) in [7, 11) is -1.78. The Bertz CT molecular complexity index is 787. The molecule has 1 aromatic heterocycles. The van der Waals surface area contributed by atoms with Gasteiger partial charge in [0.25, 0.3) is 0 Å². The van der Waals surface area contributed by atoms with Crippen molar-refractivity contribution in [3.05, 3.63) is 30.1 Å². The second-order valence-corrected chi connectivity index (χ2v) is 7.39. The van der Waals surface area contributed by atoms with Crippen molar-refractivity contribution >= 4 is 9.84 Å². The Kier molecular flexibility index (Phi) is 5.23. The summed E-state index contributed by atoms with van der Waals surface area (Å²) in [6.45, 7) is -0.0553. The smallest absolute Gasteiger partial charge is 0.299 e. The zero-order valence-corrected chi connectivity index (χ0v) is 13.8. The Morgan fingerprint density at radius 2 is 1.83 bits per heavy atom. The van der Waals surface area contributed by atoms with Crippen LogP contribution in [0.25, 0.3) is 5.69 Å². The normalized spacial score (nSPS) is 12.8. The standard InChI is InChI=1S/C13H16F3N5O2S/c1-20(8-7-13(14,15)16)9-12-17-18-19-21(12)10-3-5-11(6-4-10)24(2,22)23/h3-6H,7-9H2,1-2H3. The van der Waals surface area contributed by atoms with Crippen LogP contribution < -0.4 is 0 Å². The molecule has 0 saturated heterocycles. The van der Waals surface area contributed by atoms with Gasteiger partial charge in [-0.25, -0.2) is 8.42 Å². The summed E-state index contributed by atoms with van der Waals surface area (Å²) < 4.78 is 61.0. The molecule has 0 aliphatic carbocycles. The van der Waals surface area contributed by atoms with Gasteiger partial charge in [-0.3, -0.25) is 4.90 Å². The number of benzene rings is 1. The second-order valence-electron chi connectivity index (χ2n) is 5.38. The van der Waals surface area contributed by atoms with Gasteiger partial charge in [0.15, 0.2) is 15.7 Å². The van der Waals surface area contributed by atoms with Crippen LogP contribution in [-0.4, -0.2) is 59.5 Å². The number of nitrogens with zero attached hydrogens (tertiary/aromatic N) is 5. The number of aromatic nitrogens is 4. The number of alkyl halides is 3. The SMILES string of the molecule is CN(CCC(F)(F)F)Cc1nnnn1-c1ccc(S(C)(=O)=O)cc1. The highest BCUT2D eigenvalue weighted by Gasteiger charge is 2.27. The number of rotatable bonds is 6. The first-order valence-electron chi connectivity index (χ1n) is 6.89. The maximum absolute atomic E-state index is 12.3. The predicted octanol–water partition coefficient (Wildman–Crippen LogP) is 1.45. The van der Waals surface area contributed by atoms with Crippen LogP contribution in [0.1, 0.15) is 12.2 Å². The van der Waals surface area contributed by atoms with Crippen molar-refractivity contribution in [2.24, 2.45) is 0 Å². The molecule has 11 heteroatoms. The minimum atomic E-state index is -4.22. The summed E-state index contributed by atoms with van der Waals surface area (Å²) in [4.78, 5) is 1.61. The van der Waals surface area contributed by atoms with Gasteiger partial charge in [-0.15, -0.1) is 5.10 Å². The van der Waals surface area contributed by atoms with Crippen molar-refractivity contribution in [1.29, 1.82) is 0 Å². The topological polar surface area (TPSA) is 81.0 Å². The van der Waals surface area contributed by atoms with Crippen LogP contribution in [0.4, 0.5) is 13.2 Å². The second kappa shape index (κ2) is 6.85. The van der Waals surface area contributed by atoms with E-state index in [1.165, 1.54) is 40.9 Å². The summed E-state index contributed by atoms with van der Waals surface area (Å²) in [6.07, 6.45) is -4.05. The third-order valence-electron chi connectivity index (χ3n) is 3.23. The van der Waals surface area contributed by atoms with Crippen LogP contribution in [-0.2, 0) is 16.4 Å². The molecule has 0 aliphatic rings. The van der Waals surface area contributed by atoms with Crippen LogP contribution in [0, 0.1) is 0 Å². The zero-order valence-electron chi connectivity index (χ0n) is 13.0. The van der Waals surface area contributed by atoms with Crippen molar-refractivity contribution < 1.29 is 21.6 Å². The Morgan fingerprint density at radius 3 is 2.38 bits per heavy atom. The lowest BCUT2D eigenvalue weighted by Gasteiger charge is -2.17. The molecule has 0 aliphatic heterocycles. The average Bonchev–Trinajstić information content (AvgIpc) is 2.92. The van der Waals surface area contributed by atoms with E-state index in [-0.39, 0.29) is 18.0 Å². The van der Waals surface area contributed by atoms with Crippen molar-refractivity contribution in [1.82, 2.24) is 25.1 Å². The van der Waals surface area contributed by atoms with Gasteiger partial charge < -0.3 is 0 Å². The van der Waals surface area contributed by atoms with Crippen molar-refractivity contribution in [2.75, 3.05) is 19.8 Å². The maximum Gasteiger partial charge on any atom is 0.390 e. The Hall–Kier alpha value is -2.01. The Labute approximate surface area is 137 Å². The molecule has 0 radical (unpaired) electrons. The minimum absolute atomic E-state index is 0.122.